The highest BCUT2D eigenvalue weighted by Gasteiger charge is 2.37. The van der Waals surface area contributed by atoms with Crippen molar-refractivity contribution in [3.05, 3.63) is 95.0 Å². The van der Waals surface area contributed by atoms with Gasteiger partial charge in [-0.25, -0.2) is 8.42 Å². The number of benzene rings is 3. The fourth-order valence-corrected chi connectivity index (χ4v) is 5.91. The second kappa shape index (κ2) is 13.4. The zero-order valence-corrected chi connectivity index (χ0v) is 24.3. The Bertz CT molecular complexity index is 1450. The largest absolute Gasteiger partial charge is 0.416 e. The molecular formula is C29H31ClF3N3O4S. The monoisotopic (exact) mass is 609 g/mol. The van der Waals surface area contributed by atoms with Crippen LogP contribution in [0.15, 0.2) is 83.8 Å². The normalized spacial score (nSPS) is 12.6. The second-order valence-corrected chi connectivity index (χ2v) is 11.9. The minimum atomic E-state index is -4.80. The van der Waals surface area contributed by atoms with Gasteiger partial charge in [-0.15, -0.1) is 0 Å². The molecule has 1 N–H and O–H groups in total. The van der Waals surface area contributed by atoms with E-state index in [1.54, 1.807) is 57.2 Å². The van der Waals surface area contributed by atoms with Crippen molar-refractivity contribution in [1.29, 1.82) is 0 Å². The molecule has 3 aromatic carbocycles. The molecule has 0 aliphatic heterocycles. The number of carbonyl (C=O) groups is 2. The van der Waals surface area contributed by atoms with E-state index in [1.165, 1.54) is 29.2 Å². The van der Waals surface area contributed by atoms with Gasteiger partial charge in [0.25, 0.3) is 10.0 Å². The zero-order chi connectivity index (χ0) is 30.4. The standard InChI is InChI=1S/C29H31ClF3N3O4S/c1-4-25(28(38)34-20(2)3)35(18-21-11-7-5-8-12-21)27(37)19-36(41(39,40)23-13-9-6-10-14-23)26-17-22(29(31,32)33)15-16-24(26)30/h5-17,20,25H,4,18-19H2,1-3H3,(H,34,38). The van der Waals surface area contributed by atoms with Crippen molar-refractivity contribution in [3.8, 4) is 0 Å². The minimum absolute atomic E-state index is 0.0424. The van der Waals surface area contributed by atoms with E-state index in [4.69, 9.17) is 11.6 Å². The highest BCUT2D eigenvalue weighted by Crippen LogP contribution is 2.37. The number of hydrogen-bond acceptors (Lipinski definition) is 4. The van der Waals surface area contributed by atoms with Gasteiger partial charge in [0.1, 0.15) is 12.6 Å². The number of amides is 2. The van der Waals surface area contributed by atoms with Crippen LogP contribution < -0.4 is 9.62 Å². The smallest absolute Gasteiger partial charge is 0.352 e. The van der Waals surface area contributed by atoms with Gasteiger partial charge >= 0.3 is 6.18 Å². The summed E-state index contributed by atoms with van der Waals surface area (Å²) in [6.07, 6.45) is -4.60. The number of alkyl halides is 3. The third-order valence-corrected chi connectivity index (χ3v) is 8.26. The molecule has 0 saturated heterocycles. The highest BCUT2D eigenvalue weighted by molar-refractivity contribution is 7.92. The fraction of sp³-hybridized carbons (Fsp3) is 0.310. The lowest BCUT2D eigenvalue weighted by molar-refractivity contribution is -0.140. The summed E-state index contributed by atoms with van der Waals surface area (Å²) in [4.78, 5) is 28.1. The van der Waals surface area contributed by atoms with Crippen molar-refractivity contribution < 1.29 is 31.2 Å². The third-order valence-electron chi connectivity index (χ3n) is 6.16. The molecule has 3 aromatic rings. The van der Waals surface area contributed by atoms with Crippen molar-refractivity contribution in [2.24, 2.45) is 0 Å². The fourth-order valence-electron chi connectivity index (χ4n) is 4.19. The predicted molar refractivity (Wildman–Crippen MR) is 152 cm³/mol. The maximum Gasteiger partial charge on any atom is 0.416 e. The van der Waals surface area contributed by atoms with Crippen LogP contribution in [0.2, 0.25) is 5.02 Å². The van der Waals surface area contributed by atoms with Crippen molar-refractivity contribution in [3.63, 3.8) is 0 Å². The van der Waals surface area contributed by atoms with E-state index in [-0.39, 0.29) is 28.9 Å². The van der Waals surface area contributed by atoms with E-state index >= 15 is 0 Å². The van der Waals surface area contributed by atoms with Crippen LogP contribution in [0.5, 0.6) is 0 Å². The van der Waals surface area contributed by atoms with Crippen LogP contribution in [0.4, 0.5) is 18.9 Å². The SMILES string of the molecule is CCC(C(=O)NC(C)C)N(Cc1ccccc1)C(=O)CN(c1cc(C(F)(F)F)ccc1Cl)S(=O)(=O)c1ccccc1. The second-order valence-electron chi connectivity index (χ2n) is 9.58. The van der Waals surface area contributed by atoms with Crippen LogP contribution in [-0.2, 0) is 32.3 Å². The van der Waals surface area contributed by atoms with E-state index in [9.17, 15) is 31.2 Å². The molecule has 0 heterocycles. The number of halogens is 4. The van der Waals surface area contributed by atoms with Gasteiger partial charge in [0.15, 0.2) is 0 Å². The summed E-state index contributed by atoms with van der Waals surface area (Å²) in [6, 6.07) is 16.8. The molecule has 0 aliphatic rings. The topological polar surface area (TPSA) is 86.8 Å². The van der Waals surface area contributed by atoms with Crippen LogP contribution in [0.1, 0.15) is 38.3 Å². The number of nitrogens with zero attached hydrogens (tertiary/aromatic N) is 2. The molecule has 1 atom stereocenters. The van der Waals surface area contributed by atoms with E-state index < -0.39 is 51.9 Å². The molecule has 7 nitrogen and oxygen atoms in total. The van der Waals surface area contributed by atoms with Gasteiger partial charge in [-0.05, 0) is 56.2 Å². The molecule has 0 aliphatic carbocycles. The first-order valence-electron chi connectivity index (χ1n) is 12.8. The van der Waals surface area contributed by atoms with Crippen molar-refractivity contribution >= 4 is 39.1 Å². The third kappa shape index (κ3) is 8.01. The number of nitrogens with one attached hydrogen (secondary N) is 1. The number of anilines is 1. The van der Waals surface area contributed by atoms with E-state index in [2.05, 4.69) is 5.32 Å². The molecule has 0 saturated carbocycles. The summed E-state index contributed by atoms with van der Waals surface area (Å²) in [7, 11) is -4.58. The average Bonchev–Trinajstić information content (AvgIpc) is 2.92. The molecule has 0 bridgehead atoms. The van der Waals surface area contributed by atoms with E-state index in [0.29, 0.717) is 15.9 Å². The van der Waals surface area contributed by atoms with Crippen LogP contribution in [-0.4, -0.2) is 43.8 Å². The first-order valence-corrected chi connectivity index (χ1v) is 14.7. The Morgan fingerprint density at radius 3 is 2.07 bits per heavy atom. The Morgan fingerprint density at radius 2 is 1.54 bits per heavy atom. The van der Waals surface area contributed by atoms with Gasteiger partial charge in [0, 0.05) is 12.6 Å². The highest BCUT2D eigenvalue weighted by atomic mass is 35.5. The Kier molecular flexibility index (Phi) is 10.4. The molecule has 41 heavy (non-hydrogen) atoms. The van der Waals surface area contributed by atoms with Crippen molar-refractivity contribution in [2.75, 3.05) is 10.8 Å². The first-order chi connectivity index (χ1) is 19.3. The van der Waals surface area contributed by atoms with Gasteiger partial charge in [0.05, 0.1) is 21.2 Å². The van der Waals surface area contributed by atoms with Gasteiger partial charge in [0.2, 0.25) is 11.8 Å². The lowest BCUT2D eigenvalue weighted by atomic mass is 10.1. The summed E-state index contributed by atoms with van der Waals surface area (Å²) in [6.45, 7) is 4.28. The minimum Gasteiger partial charge on any atom is -0.352 e. The molecular weight excluding hydrogens is 579 g/mol. The maximum atomic E-state index is 14.0. The lowest BCUT2D eigenvalue weighted by Gasteiger charge is -2.34. The molecule has 220 valence electrons. The van der Waals surface area contributed by atoms with Crippen LogP contribution in [0.25, 0.3) is 0 Å². The molecule has 3 rings (SSSR count). The van der Waals surface area contributed by atoms with Gasteiger partial charge in [-0.1, -0.05) is 67.1 Å². The Morgan fingerprint density at radius 1 is 0.951 bits per heavy atom. The lowest BCUT2D eigenvalue weighted by Crippen LogP contribution is -2.53. The maximum absolute atomic E-state index is 14.0. The Balaban J connectivity index is 2.15. The molecule has 0 fully saturated rings. The van der Waals surface area contributed by atoms with Crippen molar-refractivity contribution in [1.82, 2.24) is 10.2 Å². The van der Waals surface area contributed by atoms with Crippen molar-refractivity contribution in [2.45, 2.75) is 56.9 Å². The number of carbonyl (C=O) groups excluding carboxylic acids is 2. The average molecular weight is 610 g/mol. The van der Waals surface area contributed by atoms with Crippen LogP contribution in [0.3, 0.4) is 0 Å². The summed E-state index contributed by atoms with van der Waals surface area (Å²) < 4.78 is 69.1. The van der Waals surface area contributed by atoms with E-state index in [1.807, 2.05) is 0 Å². The summed E-state index contributed by atoms with van der Waals surface area (Å²) in [5, 5.41) is 2.48. The zero-order valence-electron chi connectivity index (χ0n) is 22.7. The molecule has 1 unspecified atom stereocenters. The summed E-state index contributed by atoms with van der Waals surface area (Å²) in [5.41, 5.74) is -0.981. The number of rotatable bonds is 11. The molecule has 0 spiro atoms. The predicted octanol–water partition coefficient (Wildman–Crippen LogP) is 5.89. The Hall–Kier alpha value is -3.57. The van der Waals surface area contributed by atoms with E-state index in [0.717, 1.165) is 12.1 Å². The molecule has 2 amide bonds. The number of sulfonamides is 1. The molecule has 0 aromatic heterocycles. The van der Waals surface area contributed by atoms with Gasteiger partial charge in [-0.2, -0.15) is 13.2 Å². The van der Waals surface area contributed by atoms with Gasteiger partial charge in [-0.3, -0.25) is 13.9 Å². The van der Waals surface area contributed by atoms with Crippen LogP contribution >= 0.6 is 11.6 Å². The summed E-state index contributed by atoms with van der Waals surface area (Å²) >= 11 is 6.26. The molecule has 0 radical (unpaired) electrons. The quantitative estimate of drug-likeness (QED) is 0.294. The molecule has 12 heteroatoms. The van der Waals surface area contributed by atoms with Crippen LogP contribution in [0, 0.1) is 0 Å². The Labute approximate surface area is 243 Å². The van der Waals surface area contributed by atoms with Gasteiger partial charge < -0.3 is 10.2 Å². The number of hydrogen-bond donors (Lipinski definition) is 1. The first kappa shape index (κ1) is 32.0. The summed E-state index contributed by atoms with van der Waals surface area (Å²) in [5.74, 6) is -1.24.